The van der Waals surface area contributed by atoms with E-state index in [2.05, 4.69) is 29.5 Å². The van der Waals surface area contributed by atoms with Crippen molar-refractivity contribution in [1.82, 2.24) is 15.5 Å². The molecule has 2 fully saturated rings. The number of likely N-dealkylation sites (tertiary alicyclic amines) is 1. The average molecular weight is 255 g/mol. The van der Waals surface area contributed by atoms with Gasteiger partial charge in [0.1, 0.15) is 5.54 Å². The van der Waals surface area contributed by atoms with Gasteiger partial charge in [0.15, 0.2) is 0 Å². The molecule has 2 rings (SSSR count). The third-order valence-electron chi connectivity index (χ3n) is 3.95. The summed E-state index contributed by atoms with van der Waals surface area (Å²) in [6.45, 7) is 9.79. The summed E-state index contributed by atoms with van der Waals surface area (Å²) < 4.78 is 0. The number of amides is 3. The van der Waals surface area contributed by atoms with Gasteiger partial charge < -0.3 is 10.2 Å². The first-order valence-electron chi connectivity index (χ1n) is 6.82. The first-order valence-corrected chi connectivity index (χ1v) is 6.82. The molecule has 104 valence electrons. The average Bonchev–Trinajstić information content (AvgIpc) is 2.63. The van der Waals surface area contributed by atoms with Crippen LogP contribution in [-0.2, 0) is 4.79 Å². The van der Waals surface area contributed by atoms with Crippen molar-refractivity contribution >= 4 is 11.9 Å². The monoisotopic (exact) mass is 255 g/mol. The highest BCUT2D eigenvalue weighted by Crippen LogP contribution is 2.36. The molecular weight excluding hydrogens is 230 g/mol. The van der Waals surface area contributed by atoms with Gasteiger partial charge in [-0.25, -0.2) is 4.79 Å². The van der Waals surface area contributed by atoms with Gasteiger partial charge in [-0.2, -0.15) is 0 Å². The SMILES string of the molecule is CC.CCC1CN(C)CC(C)C12NC(=O)NC2=O. The van der Waals surface area contributed by atoms with Gasteiger partial charge in [0, 0.05) is 24.9 Å². The van der Waals surface area contributed by atoms with E-state index < -0.39 is 5.54 Å². The standard InChI is InChI=1S/C11H19N3O2.C2H6/c1-4-8-6-14(3)5-7(2)11(8)9(15)12-10(16)13-11;1-2/h7-8H,4-6H2,1-3H3,(H2,12,13,15,16);1-2H3. The lowest BCUT2D eigenvalue weighted by Gasteiger charge is -2.46. The van der Waals surface area contributed by atoms with Gasteiger partial charge in [-0.05, 0) is 13.5 Å². The first kappa shape index (κ1) is 15.0. The van der Waals surface area contributed by atoms with E-state index >= 15 is 0 Å². The van der Waals surface area contributed by atoms with Crippen LogP contribution in [-0.4, -0.2) is 42.5 Å². The Morgan fingerprint density at radius 2 is 1.94 bits per heavy atom. The molecule has 2 heterocycles. The molecule has 0 aromatic rings. The number of imide groups is 1. The van der Waals surface area contributed by atoms with Crippen LogP contribution in [0.15, 0.2) is 0 Å². The molecule has 2 aliphatic rings. The van der Waals surface area contributed by atoms with Crippen LogP contribution in [0.5, 0.6) is 0 Å². The third-order valence-corrected chi connectivity index (χ3v) is 3.95. The van der Waals surface area contributed by atoms with Gasteiger partial charge in [-0.3, -0.25) is 10.1 Å². The van der Waals surface area contributed by atoms with Crippen LogP contribution in [0.4, 0.5) is 4.79 Å². The first-order chi connectivity index (χ1) is 8.50. The van der Waals surface area contributed by atoms with Gasteiger partial charge in [0.2, 0.25) is 0 Å². The van der Waals surface area contributed by atoms with Crippen molar-refractivity contribution in [2.75, 3.05) is 20.1 Å². The van der Waals surface area contributed by atoms with Crippen LogP contribution in [0.1, 0.15) is 34.1 Å². The number of nitrogens with one attached hydrogen (secondary N) is 2. The summed E-state index contributed by atoms with van der Waals surface area (Å²) in [5.41, 5.74) is -0.682. The molecule has 0 aromatic heterocycles. The maximum absolute atomic E-state index is 12.0. The smallest absolute Gasteiger partial charge is 0.322 e. The second-order valence-corrected chi connectivity index (χ2v) is 5.00. The number of piperidine rings is 1. The Bertz CT molecular complexity index is 332. The number of urea groups is 1. The van der Waals surface area contributed by atoms with Crippen LogP contribution in [0, 0.1) is 11.8 Å². The highest BCUT2D eigenvalue weighted by atomic mass is 16.2. The normalized spacial score (nSPS) is 35.8. The van der Waals surface area contributed by atoms with E-state index in [0.29, 0.717) is 0 Å². The molecule has 5 heteroatoms. The number of carbonyl (C=O) groups is 2. The van der Waals surface area contributed by atoms with Gasteiger partial charge in [-0.1, -0.05) is 27.7 Å². The predicted molar refractivity (Wildman–Crippen MR) is 71.2 cm³/mol. The quantitative estimate of drug-likeness (QED) is 0.692. The van der Waals surface area contributed by atoms with Gasteiger partial charge in [0.05, 0.1) is 0 Å². The van der Waals surface area contributed by atoms with Gasteiger partial charge >= 0.3 is 6.03 Å². The molecule has 2 aliphatic heterocycles. The Labute approximate surface area is 109 Å². The third kappa shape index (κ3) is 2.23. The van der Waals surface area contributed by atoms with Crippen molar-refractivity contribution in [2.24, 2.45) is 11.8 Å². The molecule has 3 atom stereocenters. The Hall–Kier alpha value is -1.10. The molecular formula is C13H25N3O2. The summed E-state index contributed by atoms with van der Waals surface area (Å²) in [5, 5.41) is 5.24. The Balaban J connectivity index is 0.000000771. The largest absolute Gasteiger partial charge is 0.323 e. The topological polar surface area (TPSA) is 61.4 Å². The van der Waals surface area contributed by atoms with E-state index in [1.165, 1.54) is 0 Å². The Morgan fingerprint density at radius 3 is 2.39 bits per heavy atom. The molecule has 0 aliphatic carbocycles. The highest BCUT2D eigenvalue weighted by Gasteiger charge is 2.56. The minimum atomic E-state index is -0.682. The molecule has 3 unspecified atom stereocenters. The Kier molecular flexibility index (Phi) is 4.73. The maximum atomic E-state index is 12.0. The molecule has 2 N–H and O–H groups in total. The number of carbonyl (C=O) groups excluding carboxylic acids is 2. The molecule has 5 nitrogen and oxygen atoms in total. The minimum absolute atomic E-state index is 0.141. The number of nitrogens with zero attached hydrogens (tertiary/aromatic N) is 1. The fourth-order valence-corrected chi connectivity index (χ4v) is 3.18. The molecule has 3 amide bonds. The lowest BCUT2D eigenvalue weighted by atomic mass is 9.70. The lowest BCUT2D eigenvalue weighted by Crippen LogP contribution is -2.65. The number of rotatable bonds is 1. The van der Waals surface area contributed by atoms with Gasteiger partial charge in [0.25, 0.3) is 5.91 Å². The summed E-state index contributed by atoms with van der Waals surface area (Å²) >= 11 is 0. The second-order valence-electron chi connectivity index (χ2n) is 5.00. The minimum Gasteiger partial charge on any atom is -0.323 e. The predicted octanol–water partition coefficient (Wildman–Crippen LogP) is 1.20. The van der Waals surface area contributed by atoms with E-state index in [0.717, 1.165) is 19.5 Å². The maximum Gasteiger partial charge on any atom is 0.322 e. The van der Waals surface area contributed by atoms with Crippen LogP contribution in [0.25, 0.3) is 0 Å². The van der Waals surface area contributed by atoms with E-state index in [1.807, 2.05) is 20.8 Å². The number of hydrogen-bond donors (Lipinski definition) is 2. The van der Waals surface area contributed by atoms with Crippen molar-refractivity contribution in [3.05, 3.63) is 0 Å². The molecule has 0 aromatic carbocycles. The van der Waals surface area contributed by atoms with E-state index in [-0.39, 0.29) is 23.8 Å². The van der Waals surface area contributed by atoms with Crippen LogP contribution < -0.4 is 10.6 Å². The molecule has 0 bridgehead atoms. The van der Waals surface area contributed by atoms with Crippen LogP contribution in [0.3, 0.4) is 0 Å². The van der Waals surface area contributed by atoms with Crippen molar-refractivity contribution in [2.45, 2.75) is 39.7 Å². The van der Waals surface area contributed by atoms with Gasteiger partial charge in [-0.15, -0.1) is 0 Å². The lowest BCUT2D eigenvalue weighted by molar-refractivity contribution is -0.131. The Morgan fingerprint density at radius 1 is 1.33 bits per heavy atom. The summed E-state index contributed by atoms with van der Waals surface area (Å²) in [4.78, 5) is 25.6. The molecule has 2 saturated heterocycles. The zero-order valence-electron chi connectivity index (χ0n) is 12.0. The fourth-order valence-electron chi connectivity index (χ4n) is 3.18. The second kappa shape index (κ2) is 5.69. The highest BCUT2D eigenvalue weighted by molar-refractivity contribution is 6.07. The van der Waals surface area contributed by atoms with E-state index in [4.69, 9.17) is 0 Å². The molecule has 1 spiro atoms. The van der Waals surface area contributed by atoms with Crippen molar-refractivity contribution < 1.29 is 9.59 Å². The molecule has 0 radical (unpaired) electrons. The fraction of sp³-hybridized carbons (Fsp3) is 0.846. The summed E-state index contributed by atoms with van der Waals surface area (Å²) in [7, 11) is 2.06. The van der Waals surface area contributed by atoms with Crippen molar-refractivity contribution in [1.29, 1.82) is 0 Å². The molecule has 18 heavy (non-hydrogen) atoms. The number of hydrogen-bond acceptors (Lipinski definition) is 3. The summed E-state index contributed by atoms with van der Waals surface area (Å²) in [5.74, 6) is 0.181. The molecule has 0 saturated carbocycles. The zero-order valence-corrected chi connectivity index (χ0v) is 12.0. The van der Waals surface area contributed by atoms with Crippen molar-refractivity contribution in [3.8, 4) is 0 Å². The van der Waals surface area contributed by atoms with Crippen LogP contribution in [0.2, 0.25) is 0 Å². The van der Waals surface area contributed by atoms with Crippen LogP contribution >= 0.6 is 0 Å². The summed E-state index contributed by atoms with van der Waals surface area (Å²) in [6.07, 6.45) is 0.891. The van der Waals surface area contributed by atoms with Crippen molar-refractivity contribution in [3.63, 3.8) is 0 Å². The van der Waals surface area contributed by atoms with E-state index in [9.17, 15) is 9.59 Å². The zero-order chi connectivity index (χ0) is 13.9. The van der Waals surface area contributed by atoms with E-state index in [1.54, 1.807) is 0 Å². The summed E-state index contributed by atoms with van der Waals surface area (Å²) in [6, 6.07) is -0.347.